The summed E-state index contributed by atoms with van der Waals surface area (Å²) in [5, 5.41) is 0.597. The van der Waals surface area contributed by atoms with E-state index in [1.54, 1.807) is 23.2 Å². The number of piperazine rings is 1. The third-order valence-electron chi connectivity index (χ3n) is 4.25. The number of carbonyl (C=O) groups excluding carboxylic acids is 1. The van der Waals surface area contributed by atoms with Crippen LogP contribution in [0, 0.1) is 5.92 Å². The lowest BCUT2D eigenvalue weighted by atomic mass is 10.1. The highest BCUT2D eigenvalue weighted by molar-refractivity contribution is 6.30. The number of aromatic amines is 1. The second-order valence-corrected chi connectivity index (χ2v) is 7.25. The Morgan fingerprint density at radius 2 is 2.00 bits per heavy atom. The number of nitrogens with one attached hydrogen (secondary N) is 1. The summed E-state index contributed by atoms with van der Waals surface area (Å²) in [4.78, 5) is 39.2. The van der Waals surface area contributed by atoms with Crippen molar-refractivity contribution in [3.05, 3.63) is 51.3 Å². The summed E-state index contributed by atoms with van der Waals surface area (Å²) in [7, 11) is 0. The molecule has 0 radical (unpaired) electrons. The van der Waals surface area contributed by atoms with Crippen LogP contribution in [0.2, 0.25) is 5.02 Å². The molecule has 1 aliphatic heterocycles. The van der Waals surface area contributed by atoms with Gasteiger partial charge in [0.1, 0.15) is 11.5 Å². The second-order valence-electron chi connectivity index (χ2n) is 6.81. The van der Waals surface area contributed by atoms with Crippen molar-refractivity contribution in [3.8, 4) is 0 Å². The zero-order valence-electron chi connectivity index (χ0n) is 14.9. The number of hydrogen-bond acceptors (Lipinski definition) is 5. The molecule has 0 spiro atoms. The summed E-state index contributed by atoms with van der Waals surface area (Å²) in [6, 6.07) is 5.37. The minimum Gasteiger partial charge on any atom is -0.353 e. The Balaban J connectivity index is 1.67. The van der Waals surface area contributed by atoms with Crippen molar-refractivity contribution in [3.63, 3.8) is 0 Å². The van der Waals surface area contributed by atoms with E-state index < -0.39 is 5.69 Å². The SMILES string of the molecule is CC(C)Cc1cc(C(=O)N2CCN(c3ccc(Cl)cn3)CC2)nc(=O)[nH]1. The van der Waals surface area contributed by atoms with Gasteiger partial charge in [-0.15, -0.1) is 0 Å². The van der Waals surface area contributed by atoms with E-state index in [1.165, 1.54) is 0 Å². The molecule has 0 unspecified atom stereocenters. The molecule has 0 atom stereocenters. The van der Waals surface area contributed by atoms with Gasteiger partial charge in [0.2, 0.25) is 0 Å². The van der Waals surface area contributed by atoms with Crippen molar-refractivity contribution < 1.29 is 4.79 Å². The quantitative estimate of drug-likeness (QED) is 0.883. The van der Waals surface area contributed by atoms with Crippen LogP contribution >= 0.6 is 11.6 Å². The Morgan fingerprint density at radius 3 is 2.62 bits per heavy atom. The van der Waals surface area contributed by atoms with E-state index in [2.05, 4.69) is 33.7 Å². The predicted octanol–water partition coefficient (Wildman–Crippen LogP) is 1.98. The fourth-order valence-corrected chi connectivity index (χ4v) is 3.13. The van der Waals surface area contributed by atoms with Crippen LogP contribution in [0.5, 0.6) is 0 Å². The predicted molar refractivity (Wildman–Crippen MR) is 101 cm³/mol. The van der Waals surface area contributed by atoms with Gasteiger partial charge < -0.3 is 14.8 Å². The molecule has 1 aliphatic rings. The summed E-state index contributed by atoms with van der Waals surface area (Å²) in [6.45, 7) is 6.56. The Morgan fingerprint density at radius 1 is 1.27 bits per heavy atom. The maximum Gasteiger partial charge on any atom is 0.345 e. The fourth-order valence-electron chi connectivity index (χ4n) is 3.02. The van der Waals surface area contributed by atoms with Crippen molar-refractivity contribution in [2.24, 2.45) is 5.92 Å². The lowest BCUT2D eigenvalue weighted by Gasteiger charge is -2.35. The normalized spacial score (nSPS) is 14.8. The van der Waals surface area contributed by atoms with Crippen molar-refractivity contribution >= 4 is 23.3 Å². The number of nitrogens with zero attached hydrogens (tertiary/aromatic N) is 4. The number of rotatable bonds is 4. The molecule has 138 valence electrons. The molecule has 26 heavy (non-hydrogen) atoms. The molecule has 0 saturated carbocycles. The molecule has 7 nitrogen and oxygen atoms in total. The van der Waals surface area contributed by atoms with Crippen LogP contribution in [0.25, 0.3) is 0 Å². The van der Waals surface area contributed by atoms with Gasteiger partial charge in [-0.3, -0.25) is 4.79 Å². The van der Waals surface area contributed by atoms with Gasteiger partial charge in [-0.1, -0.05) is 25.4 Å². The van der Waals surface area contributed by atoms with Crippen molar-refractivity contribution in [2.45, 2.75) is 20.3 Å². The number of anilines is 1. The summed E-state index contributed by atoms with van der Waals surface area (Å²) >= 11 is 5.87. The third kappa shape index (κ3) is 4.40. The van der Waals surface area contributed by atoms with Gasteiger partial charge in [0.05, 0.1) is 5.02 Å². The van der Waals surface area contributed by atoms with E-state index in [0.29, 0.717) is 43.5 Å². The van der Waals surface area contributed by atoms with Crippen LogP contribution < -0.4 is 10.6 Å². The number of pyridine rings is 1. The third-order valence-corrected chi connectivity index (χ3v) is 4.47. The fraction of sp³-hybridized carbons (Fsp3) is 0.444. The summed E-state index contributed by atoms with van der Waals surface area (Å²) in [5.74, 6) is 1.02. The lowest BCUT2D eigenvalue weighted by molar-refractivity contribution is 0.0740. The Hall–Kier alpha value is -2.41. The van der Waals surface area contributed by atoms with Crippen LogP contribution in [0.3, 0.4) is 0 Å². The molecule has 1 fully saturated rings. The Labute approximate surface area is 157 Å². The maximum absolute atomic E-state index is 12.7. The first-order valence-corrected chi connectivity index (χ1v) is 9.06. The van der Waals surface area contributed by atoms with Gasteiger partial charge >= 0.3 is 5.69 Å². The monoisotopic (exact) mass is 375 g/mol. The van der Waals surface area contributed by atoms with E-state index in [-0.39, 0.29) is 11.6 Å². The Bertz CT molecular complexity index is 826. The van der Waals surface area contributed by atoms with Gasteiger partial charge in [-0.05, 0) is 30.5 Å². The molecule has 3 rings (SSSR count). The minimum absolute atomic E-state index is 0.204. The minimum atomic E-state index is -0.476. The standard InChI is InChI=1S/C18H22ClN5O2/c1-12(2)9-14-10-15(22-18(26)21-14)17(25)24-7-5-23(6-8-24)16-4-3-13(19)11-20-16/h3-4,10-12H,5-9H2,1-2H3,(H,21,22,26). The van der Waals surface area contributed by atoms with Crippen LogP contribution in [-0.4, -0.2) is 51.9 Å². The number of hydrogen-bond donors (Lipinski definition) is 1. The number of aromatic nitrogens is 3. The first-order chi connectivity index (χ1) is 12.4. The highest BCUT2D eigenvalue weighted by Gasteiger charge is 2.24. The van der Waals surface area contributed by atoms with Crippen molar-refractivity contribution in [2.75, 3.05) is 31.1 Å². The summed E-state index contributed by atoms with van der Waals surface area (Å²) in [6.07, 6.45) is 2.32. The van der Waals surface area contributed by atoms with E-state index >= 15 is 0 Å². The van der Waals surface area contributed by atoms with Gasteiger partial charge in [-0.2, -0.15) is 4.98 Å². The molecular formula is C18H22ClN5O2. The van der Waals surface area contributed by atoms with Gasteiger partial charge in [0.25, 0.3) is 5.91 Å². The molecule has 1 amide bonds. The molecule has 0 bridgehead atoms. The van der Waals surface area contributed by atoms with Crippen LogP contribution in [0.1, 0.15) is 30.0 Å². The van der Waals surface area contributed by atoms with E-state index in [4.69, 9.17) is 11.6 Å². The molecular weight excluding hydrogens is 354 g/mol. The average Bonchev–Trinajstić information content (AvgIpc) is 2.61. The molecule has 2 aromatic rings. The largest absolute Gasteiger partial charge is 0.353 e. The number of H-pyrrole nitrogens is 1. The molecule has 8 heteroatoms. The van der Waals surface area contributed by atoms with Crippen LogP contribution in [-0.2, 0) is 6.42 Å². The molecule has 2 aromatic heterocycles. The Kier molecular flexibility index (Phi) is 5.56. The van der Waals surface area contributed by atoms with Crippen LogP contribution in [0.15, 0.2) is 29.2 Å². The summed E-state index contributed by atoms with van der Waals surface area (Å²) in [5.41, 5.74) is 0.477. The van der Waals surface area contributed by atoms with Crippen molar-refractivity contribution in [1.29, 1.82) is 0 Å². The van der Waals surface area contributed by atoms with Crippen molar-refractivity contribution in [1.82, 2.24) is 19.9 Å². The van der Waals surface area contributed by atoms with E-state index in [0.717, 1.165) is 11.5 Å². The molecule has 1 N–H and O–H groups in total. The molecule has 1 saturated heterocycles. The zero-order chi connectivity index (χ0) is 18.7. The smallest absolute Gasteiger partial charge is 0.345 e. The van der Waals surface area contributed by atoms with E-state index in [1.807, 2.05) is 6.07 Å². The maximum atomic E-state index is 12.7. The lowest BCUT2D eigenvalue weighted by Crippen LogP contribution is -2.49. The first kappa shape index (κ1) is 18.4. The molecule has 0 aromatic carbocycles. The van der Waals surface area contributed by atoms with Gasteiger partial charge in [0, 0.05) is 38.1 Å². The highest BCUT2D eigenvalue weighted by Crippen LogP contribution is 2.17. The summed E-state index contributed by atoms with van der Waals surface area (Å²) < 4.78 is 0. The van der Waals surface area contributed by atoms with Gasteiger partial charge in [0.15, 0.2) is 0 Å². The van der Waals surface area contributed by atoms with E-state index in [9.17, 15) is 9.59 Å². The number of carbonyl (C=O) groups is 1. The van der Waals surface area contributed by atoms with Crippen LogP contribution in [0.4, 0.5) is 5.82 Å². The molecule has 3 heterocycles. The second kappa shape index (κ2) is 7.86. The van der Waals surface area contributed by atoms with Gasteiger partial charge in [-0.25, -0.2) is 9.78 Å². The first-order valence-electron chi connectivity index (χ1n) is 8.68. The highest BCUT2D eigenvalue weighted by atomic mass is 35.5. The number of halogens is 1. The zero-order valence-corrected chi connectivity index (χ0v) is 15.7. The number of amides is 1. The topological polar surface area (TPSA) is 82.2 Å². The molecule has 0 aliphatic carbocycles. The average molecular weight is 376 g/mol.